The maximum absolute atomic E-state index is 11.9. The van der Waals surface area contributed by atoms with Gasteiger partial charge in [0.1, 0.15) is 0 Å². The van der Waals surface area contributed by atoms with E-state index in [-0.39, 0.29) is 5.78 Å². The zero-order chi connectivity index (χ0) is 12.8. The van der Waals surface area contributed by atoms with Crippen LogP contribution in [-0.2, 0) is 0 Å². The quantitative estimate of drug-likeness (QED) is 0.536. The molecule has 1 nitrogen and oxygen atoms in total. The van der Waals surface area contributed by atoms with Crippen LogP contribution in [0.5, 0.6) is 0 Å². The fraction of sp³-hybridized carbons (Fsp3) is 0.438. The highest BCUT2D eigenvalue weighted by molar-refractivity contribution is 6.30. The van der Waals surface area contributed by atoms with Crippen molar-refractivity contribution in [3.8, 4) is 0 Å². The van der Waals surface area contributed by atoms with Crippen molar-refractivity contribution in [2.24, 2.45) is 5.92 Å². The molecule has 0 radical (unpaired) electrons. The van der Waals surface area contributed by atoms with Gasteiger partial charge in [-0.15, -0.1) is 0 Å². The molecule has 0 aliphatic heterocycles. The van der Waals surface area contributed by atoms with Gasteiger partial charge in [0.2, 0.25) is 0 Å². The van der Waals surface area contributed by atoms with Crippen LogP contribution < -0.4 is 0 Å². The minimum absolute atomic E-state index is 0.228. The Labute approximate surface area is 114 Å². The van der Waals surface area contributed by atoms with Crippen LogP contribution >= 0.6 is 11.6 Å². The molecular formula is C16H19ClO. The van der Waals surface area contributed by atoms with E-state index in [4.69, 9.17) is 11.6 Å². The molecule has 2 rings (SSSR count). The molecule has 0 spiro atoms. The highest BCUT2D eigenvalue weighted by Gasteiger charge is 2.10. The van der Waals surface area contributed by atoms with Crippen LogP contribution in [-0.4, -0.2) is 5.78 Å². The lowest BCUT2D eigenvalue weighted by molar-refractivity contribution is 0.0978. The molecule has 1 unspecified atom stereocenters. The number of ketones is 1. The van der Waals surface area contributed by atoms with Crippen molar-refractivity contribution < 1.29 is 4.79 Å². The summed E-state index contributed by atoms with van der Waals surface area (Å²) in [5, 5.41) is 0.680. The van der Waals surface area contributed by atoms with E-state index in [1.54, 1.807) is 12.1 Å². The van der Waals surface area contributed by atoms with Crippen LogP contribution in [0.3, 0.4) is 0 Å². The molecule has 0 heterocycles. The van der Waals surface area contributed by atoms with Crippen molar-refractivity contribution >= 4 is 17.4 Å². The van der Waals surface area contributed by atoms with E-state index in [1.807, 2.05) is 12.1 Å². The maximum Gasteiger partial charge on any atom is 0.162 e. The summed E-state index contributed by atoms with van der Waals surface area (Å²) < 4.78 is 0. The van der Waals surface area contributed by atoms with E-state index in [1.165, 1.54) is 19.3 Å². The minimum Gasteiger partial charge on any atom is -0.294 e. The molecular weight excluding hydrogens is 244 g/mol. The van der Waals surface area contributed by atoms with Crippen molar-refractivity contribution in [1.29, 1.82) is 0 Å². The first kappa shape index (κ1) is 13.4. The summed E-state index contributed by atoms with van der Waals surface area (Å²) in [7, 11) is 0. The highest BCUT2D eigenvalue weighted by atomic mass is 35.5. The zero-order valence-corrected chi connectivity index (χ0v) is 11.3. The van der Waals surface area contributed by atoms with Gasteiger partial charge in [-0.25, -0.2) is 0 Å². The molecule has 0 bridgehead atoms. The Bertz CT molecular complexity index is 419. The van der Waals surface area contributed by atoms with Crippen molar-refractivity contribution in [3.63, 3.8) is 0 Å². The van der Waals surface area contributed by atoms with Gasteiger partial charge in [0, 0.05) is 17.0 Å². The molecule has 0 aromatic heterocycles. The predicted molar refractivity (Wildman–Crippen MR) is 76.1 cm³/mol. The van der Waals surface area contributed by atoms with E-state index in [9.17, 15) is 4.79 Å². The summed E-state index contributed by atoms with van der Waals surface area (Å²) in [4.78, 5) is 11.9. The van der Waals surface area contributed by atoms with E-state index >= 15 is 0 Å². The van der Waals surface area contributed by atoms with Crippen LogP contribution in [0.15, 0.2) is 36.4 Å². The Morgan fingerprint density at radius 1 is 1.28 bits per heavy atom. The summed E-state index contributed by atoms with van der Waals surface area (Å²) in [6.07, 6.45) is 11.2. The molecule has 1 aliphatic rings. The minimum atomic E-state index is 0.228. The van der Waals surface area contributed by atoms with Crippen LogP contribution in [0.2, 0.25) is 5.02 Å². The number of carbonyl (C=O) groups excluding carboxylic acids is 1. The Balaban J connectivity index is 1.76. The molecule has 1 aliphatic carbocycles. The van der Waals surface area contributed by atoms with Gasteiger partial charge in [-0.05, 0) is 62.3 Å². The maximum atomic E-state index is 11.9. The second-order valence-corrected chi connectivity index (χ2v) is 5.38. The molecule has 0 amide bonds. The summed E-state index contributed by atoms with van der Waals surface area (Å²) in [5.41, 5.74) is 0.776. The van der Waals surface area contributed by atoms with E-state index in [0.717, 1.165) is 18.4 Å². The molecule has 0 N–H and O–H groups in total. The molecule has 0 saturated heterocycles. The molecule has 1 atom stereocenters. The zero-order valence-electron chi connectivity index (χ0n) is 10.6. The molecule has 1 aromatic carbocycles. The van der Waals surface area contributed by atoms with Crippen molar-refractivity contribution in [2.45, 2.75) is 38.5 Å². The standard InChI is InChI=1S/C16H19ClO/c17-15-11-9-14(10-12-15)16(18)8-4-7-13-5-2-1-3-6-13/h2,5,9-13H,1,3-4,6-8H2. The van der Waals surface area contributed by atoms with Crippen molar-refractivity contribution in [2.75, 3.05) is 0 Å². The van der Waals surface area contributed by atoms with E-state index < -0.39 is 0 Å². The van der Waals surface area contributed by atoms with Gasteiger partial charge >= 0.3 is 0 Å². The molecule has 0 saturated carbocycles. The van der Waals surface area contributed by atoms with Gasteiger partial charge in [-0.1, -0.05) is 23.8 Å². The average Bonchev–Trinajstić information content (AvgIpc) is 2.40. The number of hydrogen-bond acceptors (Lipinski definition) is 1. The fourth-order valence-electron chi connectivity index (χ4n) is 2.43. The summed E-state index contributed by atoms with van der Waals surface area (Å²) in [6, 6.07) is 7.17. The average molecular weight is 263 g/mol. The third kappa shape index (κ3) is 3.99. The first-order chi connectivity index (χ1) is 8.75. The first-order valence-corrected chi connectivity index (χ1v) is 7.09. The SMILES string of the molecule is O=C(CCCC1C=CCCC1)c1ccc(Cl)cc1. The van der Waals surface area contributed by atoms with E-state index in [0.29, 0.717) is 17.4 Å². The molecule has 0 fully saturated rings. The largest absolute Gasteiger partial charge is 0.294 e. The molecule has 96 valence electrons. The van der Waals surface area contributed by atoms with Gasteiger partial charge in [0.15, 0.2) is 5.78 Å². The Morgan fingerprint density at radius 3 is 2.72 bits per heavy atom. The summed E-state index contributed by atoms with van der Waals surface area (Å²) >= 11 is 5.80. The predicted octanol–water partition coefficient (Wildman–Crippen LogP) is 5.05. The normalized spacial score (nSPS) is 18.8. The number of Topliss-reactive ketones (excluding diaryl/α,β-unsaturated/α-hetero) is 1. The molecule has 1 aromatic rings. The van der Waals surface area contributed by atoms with Gasteiger partial charge in [-0.2, -0.15) is 0 Å². The van der Waals surface area contributed by atoms with Gasteiger partial charge in [0.05, 0.1) is 0 Å². The summed E-state index contributed by atoms with van der Waals surface area (Å²) in [6.45, 7) is 0. The highest BCUT2D eigenvalue weighted by Crippen LogP contribution is 2.22. The number of hydrogen-bond donors (Lipinski definition) is 0. The van der Waals surface area contributed by atoms with Gasteiger partial charge < -0.3 is 0 Å². The fourth-order valence-corrected chi connectivity index (χ4v) is 2.55. The third-order valence-corrected chi connectivity index (χ3v) is 3.75. The third-order valence-electron chi connectivity index (χ3n) is 3.50. The summed E-state index contributed by atoms with van der Waals surface area (Å²) in [5.74, 6) is 0.920. The van der Waals surface area contributed by atoms with Crippen LogP contribution in [0.1, 0.15) is 48.9 Å². The lowest BCUT2D eigenvalue weighted by Gasteiger charge is -2.15. The number of carbonyl (C=O) groups is 1. The second kappa shape index (κ2) is 6.75. The van der Waals surface area contributed by atoms with Crippen molar-refractivity contribution in [1.82, 2.24) is 0 Å². The second-order valence-electron chi connectivity index (χ2n) is 4.94. The first-order valence-electron chi connectivity index (χ1n) is 6.71. The van der Waals surface area contributed by atoms with Crippen LogP contribution in [0.25, 0.3) is 0 Å². The number of halogens is 1. The molecule has 2 heteroatoms. The Hall–Kier alpha value is -1.08. The number of rotatable bonds is 5. The van der Waals surface area contributed by atoms with Gasteiger partial charge in [0.25, 0.3) is 0 Å². The Morgan fingerprint density at radius 2 is 2.06 bits per heavy atom. The van der Waals surface area contributed by atoms with Gasteiger partial charge in [-0.3, -0.25) is 4.79 Å². The number of benzene rings is 1. The topological polar surface area (TPSA) is 17.1 Å². The monoisotopic (exact) mass is 262 g/mol. The number of allylic oxidation sites excluding steroid dienone is 2. The lowest BCUT2D eigenvalue weighted by Crippen LogP contribution is -2.03. The lowest BCUT2D eigenvalue weighted by atomic mass is 9.90. The smallest absolute Gasteiger partial charge is 0.162 e. The van der Waals surface area contributed by atoms with Crippen LogP contribution in [0, 0.1) is 5.92 Å². The Kier molecular flexibility index (Phi) is 5.00. The van der Waals surface area contributed by atoms with Crippen LogP contribution in [0.4, 0.5) is 0 Å². The molecule has 18 heavy (non-hydrogen) atoms. The van der Waals surface area contributed by atoms with Crippen molar-refractivity contribution in [3.05, 3.63) is 47.0 Å². The van der Waals surface area contributed by atoms with E-state index in [2.05, 4.69) is 12.2 Å².